The van der Waals surface area contributed by atoms with Gasteiger partial charge in [0.25, 0.3) is 0 Å². The highest BCUT2D eigenvalue weighted by Gasteiger charge is 2.32. The molecule has 7 heteroatoms. The Morgan fingerprint density at radius 2 is 2.18 bits per heavy atom. The zero-order chi connectivity index (χ0) is 13.1. The van der Waals surface area contributed by atoms with E-state index in [1.54, 1.807) is 0 Å². The van der Waals surface area contributed by atoms with Crippen molar-refractivity contribution < 1.29 is 17.9 Å². The van der Waals surface area contributed by atoms with E-state index in [0.29, 0.717) is 22.2 Å². The first-order valence-electron chi connectivity index (χ1n) is 4.55. The molecule has 0 spiro atoms. The monoisotopic (exact) mass is 308 g/mol. The lowest BCUT2D eigenvalue weighted by Crippen LogP contribution is -2.18. The average Bonchev–Trinajstić information content (AvgIpc) is 2.21. The zero-order valence-corrected chi connectivity index (χ0v) is 10.4. The number of halogens is 4. The second-order valence-electron chi connectivity index (χ2n) is 3.19. The summed E-state index contributed by atoms with van der Waals surface area (Å²) >= 11 is 3.16. The molecule has 0 aromatic carbocycles. The van der Waals surface area contributed by atoms with E-state index in [1.165, 1.54) is 6.92 Å². The van der Waals surface area contributed by atoms with Gasteiger partial charge in [0.1, 0.15) is 0 Å². The van der Waals surface area contributed by atoms with Crippen LogP contribution in [-0.4, -0.2) is 11.3 Å². The standard InChI is InChI=1S/C10H8BrF3N2O/c1-6-7(4-11)8(2-3-15)16-5-9(6)17-10(12,13)14/h5H,2,4H2,1H3. The lowest BCUT2D eigenvalue weighted by Gasteiger charge is -2.14. The number of nitrogens with zero attached hydrogens (tertiary/aromatic N) is 2. The molecule has 0 N–H and O–H groups in total. The Balaban J connectivity index is 3.16. The first kappa shape index (κ1) is 13.8. The van der Waals surface area contributed by atoms with Gasteiger partial charge in [0.05, 0.1) is 24.4 Å². The smallest absolute Gasteiger partial charge is 0.404 e. The van der Waals surface area contributed by atoms with Crippen molar-refractivity contribution >= 4 is 15.9 Å². The lowest BCUT2D eigenvalue weighted by atomic mass is 10.1. The van der Waals surface area contributed by atoms with Crippen LogP contribution in [0.2, 0.25) is 0 Å². The van der Waals surface area contributed by atoms with Crippen LogP contribution in [0.5, 0.6) is 5.75 Å². The van der Waals surface area contributed by atoms with Gasteiger partial charge < -0.3 is 4.74 Å². The largest absolute Gasteiger partial charge is 0.573 e. The summed E-state index contributed by atoms with van der Waals surface area (Å²) in [4.78, 5) is 3.81. The molecule has 0 aliphatic heterocycles. The molecule has 0 fully saturated rings. The van der Waals surface area contributed by atoms with Crippen LogP contribution >= 0.6 is 15.9 Å². The van der Waals surface area contributed by atoms with E-state index in [1.807, 2.05) is 6.07 Å². The number of pyridine rings is 1. The van der Waals surface area contributed by atoms with Crippen molar-refractivity contribution in [2.75, 3.05) is 0 Å². The molecular formula is C10H8BrF3N2O. The molecule has 1 heterocycles. The van der Waals surface area contributed by atoms with Crippen molar-refractivity contribution in [3.63, 3.8) is 0 Å². The van der Waals surface area contributed by atoms with Gasteiger partial charge >= 0.3 is 6.36 Å². The number of nitriles is 1. The van der Waals surface area contributed by atoms with Crippen LogP contribution in [0, 0.1) is 18.3 Å². The van der Waals surface area contributed by atoms with Crippen molar-refractivity contribution in [3.8, 4) is 11.8 Å². The summed E-state index contributed by atoms with van der Waals surface area (Å²) in [6, 6.07) is 1.91. The molecule has 1 aromatic heterocycles. The van der Waals surface area contributed by atoms with E-state index in [-0.39, 0.29) is 12.2 Å². The molecule has 0 bridgehead atoms. The van der Waals surface area contributed by atoms with E-state index < -0.39 is 6.36 Å². The maximum absolute atomic E-state index is 12.1. The molecule has 0 saturated heterocycles. The molecule has 1 aromatic rings. The Hall–Kier alpha value is -1.29. The van der Waals surface area contributed by atoms with E-state index in [2.05, 4.69) is 25.7 Å². The third-order valence-electron chi connectivity index (χ3n) is 2.11. The van der Waals surface area contributed by atoms with E-state index in [4.69, 9.17) is 5.26 Å². The molecule has 1 rings (SSSR count). The number of hydrogen-bond donors (Lipinski definition) is 0. The maximum Gasteiger partial charge on any atom is 0.573 e. The second-order valence-corrected chi connectivity index (χ2v) is 3.75. The van der Waals surface area contributed by atoms with E-state index in [0.717, 1.165) is 6.20 Å². The van der Waals surface area contributed by atoms with Gasteiger partial charge in [0.15, 0.2) is 5.75 Å². The van der Waals surface area contributed by atoms with Gasteiger partial charge in [-0.05, 0) is 18.1 Å². The summed E-state index contributed by atoms with van der Waals surface area (Å²) in [5.41, 5.74) is 1.34. The van der Waals surface area contributed by atoms with Crippen molar-refractivity contribution in [3.05, 3.63) is 23.0 Å². The lowest BCUT2D eigenvalue weighted by molar-refractivity contribution is -0.275. The molecule has 0 aliphatic rings. The molecule has 0 unspecified atom stereocenters. The van der Waals surface area contributed by atoms with Crippen LogP contribution in [-0.2, 0) is 11.8 Å². The fourth-order valence-corrected chi connectivity index (χ4v) is 2.05. The summed E-state index contributed by atoms with van der Waals surface area (Å²) in [6.07, 6.45) is -3.71. The quantitative estimate of drug-likeness (QED) is 0.805. The number of hydrogen-bond acceptors (Lipinski definition) is 3. The van der Waals surface area contributed by atoms with Gasteiger partial charge in [-0.3, -0.25) is 4.98 Å². The maximum atomic E-state index is 12.1. The van der Waals surface area contributed by atoms with Gasteiger partial charge in [0, 0.05) is 5.33 Å². The number of ether oxygens (including phenoxy) is 1. The molecule has 0 atom stereocenters. The van der Waals surface area contributed by atoms with Crippen molar-refractivity contribution in [1.29, 1.82) is 5.26 Å². The third-order valence-corrected chi connectivity index (χ3v) is 2.67. The van der Waals surface area contributed by atoms with Gasteiger partial charge in [-0.15, -0.1) is 13.2 Å². The first-order chi connectivity index (χ1) is 7.89. The molecule has 0 saturated carbocycles. The fourth-order valence-electron chi connectivity index (χ4n) is 1.31. The predicted molar refractivity (Wildman–Crippen MR) is 57.6 cm³/mol. The topological polar surface area (TPSA) is 45.9 Å². The van der Waals surface area contributed by atoms with Crippen LogP contribution in [0.1, 0.15) is 16.8 Å². The van der Waals surface area contributed by atoms with Gasteiger partial charge in [-0.2, -0.15) is 5.26 Å². The van der Waals surface area contributed by atoms with Crippen molar-refractivity contribution in [2.24, 2.45) is 0 Å². The fraction of sp³-hybridized carbons (Fsp3) is 0.400. The molecule has 0 radical (unpaired) electrons. The summed E-state index contributed by atoms with van der Waals surface area (Å²) in [5, 5.41) is 8.89. The number of alkyl halides is 4. The van der Waals surface area contributed by atoms with Gasteiger partial charge in [-0.1, -0.05) is 15.9 Å². The van der Waals surface area contributed by atoms with Crippen LogP contribution in [0.15, 0.2) is 6.20 Å². The van der Waals surface area contributed by atoms with E-state index in [9.17, 15) is 13.2 Å². The minimum atomic E-state index is -4.74. The van der Waals surface area contributed by atoms with Crippen molar-refractivity contribution in [2.45, 2.75) is 25.0 Å². The van der Waals surface area contributed by atoms with Crippen LogP contribution < -0.4 is 4.74 Å². The Morgan fingerprint density at radius 1 is 1.53 bits per heavy atom. The van der Waals surface area contributed by atoms with Gasteiger partial charge in [-0.25, -0.2) is 0 Å². The molecule has 17 heavy (non-hydrogen) atoms. The normalized spacial score (nSPS) is 11.1. The van der Waals surface area contributed by atoms with Gasteiger partial charge in [0.2, 0.25) is 0 Å². The molecule has 92 valence electrons. The average molecular weight is 309 g/mol. The number of aromatic nitrogens is 1. The molecule has 3 nitrogen and oxygen atoms in total. The zero-order valence-electron chi connectivity index (χ0n) is 8.81. The first-order valence-corrected chi connectivity index (χ1v) is 5.67. The van der Waals surface area contributed by atoms with Crippen LogP contribution in [0.25, 0.3) is 0 Å². The molecule has 0 aliphatic carbocycles. The summed E-state index contributed by atoms with van der Waals surface area (Å²) in [6.45, 7) is 1.50. The van der Waals surface area contributed by atoms with Crippen LogP contribution in [0.3, 0.4) is 0 Å². The highest BCUT2D eigenvalue weighted by atomic mass is 79.9. The van der Waals surface area contributed by atoms with Crippen molar-refractivity contribution in [1.82, 2.24) is 4.98 Å². The molecule has 0 amide bonds. The summed E-state index contributed by atoms with van der Waals surface area (Å²) < 4.78 is 40.1. The summed E-state index contributed by atoms with van der Waals surface area (Å²) in [5.74, 6) is -0.339. The Morgan fingerprint density at radius 3 is 2.65 bits per heavy atom. The predicted octanol–water partition coefficient (Wildman–Crippen LogP) is 3.25. The highest BCUT2D eigenvalue weighted by molar-refractivity contribution is 9.08. The summed E-state index contributed by atoms with van der Waals surface area (Å²) in [7, 11) is 0. The Bertz CT molecular complexity index is 454. The second kappa shape index (κ2) is 5.36. The minimum absolute atomic E-state index is 0.0497. The van der Waals surface area contributed by atoms with Crippen LogP contribution in [0.4, 0.5) is 13.2 Å². The Kier molecular flexibility index (Phi) is 4.34. The Labute approximate surface area is 104 Å². The highest BCUT2D eigenvalue weighted by Crippen LogP contribution is 2.29. The third kappa shape index (κ3) is 3.60. The SMILES string of the molecule is Cc1c(OC(F)(F)F)cnc(CC#N)c1CBr. The molecular weight excluding hydrogens is 301 g/mol. The van der Waals surface area contributed by atoms with E-state index >= 15 is 0 Å². The number of rotatable bonds is 3. The minimum Gasteiger partial charge on any atom is -0.404 e.